The average Bonchev–Trinajstić information content (AvgIpc) is 3.01. The molecule has 1 aromatic heterocycles. The van der Waals surface area contributed by atoms with E-state index in [9.17, 15) is 17.6 Å². The number of nitrogens with zero attached hydrogens (tertiary/aromatic N) is 2. The molecule has 1 atom stereocenters. The summed E-state index contributed by atoms with van der Waals surface area (Å²) in [6, 6.07) is 5.40. The first-order valence-electron chi connectivity index (χ1n) is 8.03. The third-order valence-electron chi connectivity index (χ3n) is 4.59. The van der Waals surface area contributed by atoms with Gasteiger partial charge in [-0.05, 0) is 25.1 Å². The summed E-state index contributed by atoms with van der Waals surface area (Å²) in [6.45, 7) is -0.0383. The smallest absolute Gasteiger partial charge is 0.310 e. The first-order valence-corrected chi connectivity index (χ1v) is 8.41. The second-order valence-electron chi connectivity index (χ2n) is 6.44. The maximum Gasteiger partial charge on any atom is 0.310 e. The van der Waals surface area contributed by atoms with Crippen LogP contribution in [0.5, 0.6) is 0 Å². The van der Waals surface area contributed by atoms with Crippen LogP contribution in [0, 0.1) is 11.6 Å². The minimum Gasteiger partial charge on any atom is -0.448 e. The second kappa shape index (κ2) is 6.10. The van der Waals surface area contributed by atoms with Gasteiger partial charge in [0.05, 0.1) is 5.56 Å². The number of benzene rings is 2. The Morgan fingerprint density at radius 3 is 2.64 bits per heavy atom. The van der Waals surface area contributed by atoms with Gasteiger partial charge in [-0.15, -0.1) is 0 Å². The van der Waals surface area contributed by atoms with E-state index in [0.717, 1.165) is 13.0 Å². The third kappa shape index (κ3) is 2.77. The number of ether oxygens (including phenoxy) is 1. The largest absolute Gasteiger partial charge is 0.448 e. The minimum absolute atomic E-state index is 0.222. The summed E-state index contributed by atoms with van der Waals surface area (Å²) in [5, 5.41) is 0.369. The van der Waals surface area contributed by atoms with E-state index in [2.05, 4.69) is 9.98 Å². The molecule has 1 unspecified atom stereocenters. The Morgan fingerprint density at radius 1 is 1.14 bits per heavy atom. The van der Waals surface area contributed by atoms with Crippen molar-refractivity contribution in [1.29, 1.82) is 0 Å². The van der Waals surface area contributed by atoms with Crippen molar-refractivity contribution in [3.63, 3.8) is 0 Å². The number of alkyl halides is 2. The van der Waals surface area contributed by atoms with Crippen molar-refractivity contribution >= 4 is 28.7 Å². The summed E-state index contributed by atoms with van der Waals surface area (Å²) in [7, 11) is 0. The fourth-order valence-corrected chi connectivity index (χ4v) is 3.15. The van der Waals surface area contributed by atoms with E-state index in [4.69, 9.17) is 26.5 Å². The number of halogens is 5. The van der Waals surface area contributed by atoms with Crippen LogP contribution in [-0.4, -0.2) is 23.5 Å². The van der Waals surface area contributed by atoms with Gasteiger partial charge in [0.1, 0.15) is 23.7 Å². The minimum atomic E-state index is -3.60. The topological polar surface area (TPSA) is 73.6 Å². The SMILES string of the molecule is CC1(c2cc(-c3nc4ccc(Cl)cc4o3)c(F)cc2F)OC(N)=NCC1(F)F. The van der Waals surface area contributed by atoms with Crippen molar-refractivity contribution in [1.82, 2.24) is 4.98 Å². The molecular formula is C18H12ClF4N3O2. The zero-order chi connectivity index (χ0) is 20.3. The van der Waals surface area contributed by atoms with Gasteiger partial charge >= 0.3 is 5.92 Å². The van der Waals surface area contributed by atoms with Gasteiger partial charge in [-0.25, -0.2) is 18.8 Å². The molecule has 0 radical (unpaired) electrons. The highest BCUT2D eigenvalue weighted by Crippen LogP contribution is 2.45. The van der Waals surface area contributed by atoms with Crippen LogP contribution in [0.15, 0.2) is 39.7 Å². The van der Waals surface area contributed by atoms with Gasteiger partial charge in [-0.2, -0.15) is 8.78 Å². The molecule has 4 rings (SSSR count). The van der Waals surface area contributed by atoms with Gasteiger partial charge in [0.2, 0.25) is 11.5 Å². The summed E-state index contributed by atoms with van der Waals surface area (Å²) in [4.78, 5) is 7.46. The molecule has 28 heavy (non-hydrogen) atoms. The monoisotopic (exact) mass is 413 g/mol. The average molecular weight is 414 g/mol. The molecule has 146 valence electrons. The van der Waals surface area contributed by atoms with E-state index in [1.165, 1.54) is 6.07 Å². The maximum absolute atomic E-state index is 14.5. The van der Waals surface area contributed by atoms with Crippen LogP contribution in [0.25, 0.3) is 22.6 Å². The van der Waals surface area contributed by atoms with Crippen molar-refractivity contribution < 1.29 is 26.7 Å². The van der Waals surface area contributed by atoms with Crippen LogP contribution in [0.2, 0.25) is 5.02 Å². The van der Waals surface area contributed by atoms with Gasteiger partial charge in [0, 0.05) is 22.7 Å². The molecular weight excluding hydrogens is 402 g/mol. The fraction of sp³-hybridized carbons (Fsp3) is 0.222. The molecule has 0 fully saturated rings. The van der Waals surface area contributed by atoms with Gasteiger partial charge in [0.25, 0.3) is 6.02 Å². The number of aliphatic imine (C=N–C) groups is 1. The highest BCUT2D eigenvalue weighted by molar-refractivity contribution is 6.31. The van der Waals surface area contributed by atoms with Gasteiger partial charge in [0.15, 0.2) is 5.58 Å². The Hall–Kier alpha value is -2.81. The van der Waals surface area contributed by atoms with E-state index in [1.807, 2.05) is 0 Å². The van der Waals surface area contributed by atoms with Crippen molar-refractivity contribution in [2.45, 2.75) is 18.4 Å². The highest BCUT2D eigenvalue weighted by Gasteiger charge is 2.57. The molecule has 0 amide bonds. The molecule has 1 aliphatic rings. The predicted octanol–water partition coefficient (Wildman–Crippen LogP) is 4.62. The Bertz CT molecular complexity index is 1130. The van der Waals surface area contributed by atoms with Crippen LogP contribution < -0.4 is 5.73 Å². The van der Waals surface area contributed by atoms with Crippen LogP contribution >= 0.6 is 11.6 Å². The number of hydrogen-bond acceptors (Lipinski definition) is 5. The first-order chi connectivity index (χ1) is 13.1. The summed E-state index contributed by atoms with van der Waals surface area (Å²) in [5.74, 6) is -6.08. The van der Waals surface area contributed by atoms with Crippen molar-refractivity contribution in [3.8, 4) is 11.5 Å². The standard InChI is InChI=1S/C18H12ClF4N3O2/c1-17(18(22,23)7-25-16(24)28-17)10-5-9(11(20)6-12(10)21)15-26-13-3-2-8(19)4-14(13)27-15/h2-6H,7H2,1H3,(H2,24,25). The Morgan fingerprint density at radius 2 is 1.89 bits per heavy atom. The molecule has 5 nitrogen and oxygen atoms in total. The number of amidine groups is 1. The third-order valence-corrected chi connectivity index (χ3v) is 4.83. The van der Waals surface area contributed by atoms with Crippen molar-refractivity contribution in [2.75, 3.05) is 6.54 Å². The van der Waals surface area contributed by atoms with Crippen LogP contribution in [0.3, 0.4) is 0 Å². The highest BCUT2D eigenvalue weighted by atomic mass is 35.5. The lowest BCUT2D eigenvalue weighted by atomic mass is 9.86. The van der Waals surface area contributed by atoms with Crippen molar-refractivity contribution in [3.05, 3.63) is 52.6 Å². The van der Waals surface area contributed by atoms with E-state index in [1.54, 1.807) is 12.1 Å². The Balaban J connectivity index is 1.90. The van der Waals surface area contributed by atoms with Crippen LogP contribution in [0.4, 0.5) is 17.6 Å². The quantitative estimate of drug-likeness (QED) is 0.622. The molecule has 2 N–H and O–H groups in total. The summed E-state index contributed by atoms with van der Waals surface area (Å²) in [6.07, 6.45) is 0. The number of hydrogen-bond donors (Lipinski definition) is 1. The predicted molar refractivity (Wildman–Crippen MR) is 94.2 cm³/mol. The molecule has 0 saturated heterocycles. The first kappa shape index (κ1) is 18.5. The number of aromatic nitrogens is 1. The van der Waals surface area contributed by atoms with Crippen LogP contribution in [0.1, 0.15) is 12.5 Å². The van der Waals surface area contributed by atoms with E-state index in [-0.39, 0.29) is 17.0 Å². The number of rotatable bonds is 2. The lowest BCUT2D eigenvalue weighted by Gasteiger charge is -2.39. The van der Waals surface area contributed by atoms with Gasteiger partial charge < -0.3 is 14.9 Å². The number of oxazole rings is 1. The molecule has 0 aliphatic carbocycles. The maximum atomic E-state index is 14.5. The summed E-state index contributed by atoms with van der Waals surface area (Å²) < 4.78 is 68.5. The normalized spacial score (nSPS) is 21.4. The lowest BCUT2D eigenvalue weighted by molar-refractivity contribution is -0.173. The molecule has 2 heterocycles. The zero-order valence-corrected chi connectivity index (χ0v) is 15.0. The molecule has 0 bridgehead atoms. The van der Waals surface area contributed by atoms with E-state index >= 15 is 0 Å². The van der Waals surface area contributed by atoms with E-state index in [0.29, 0.717) is 16.6 Å². The summed E-state index contributed by atoms with van der Waals surface area (Å²) >= 11 is 5.88. The van der Waals surface area contributed by atoms with E-state index < -0.39 is 41.3 Å². The van der Waals surface area contributed by atoms with Gasteiger partial charge in [-0.1, -0.05) is 11.6 Å². The fourth-order valence-electron chi connectivity index (χ4n) is 2.99. The van der Waals surface area contributed by atoms with Crippen LogP contribution in [-0.2, 0) is 10.3 Å². The second-order valence-corrected chi connectivity index (χ2v) is 6.87. The number of nitrogens with two attached hydrogens (primary N) is 1. The zero-order valence-electron chi connectivity index (χ0n) is 14.3. The molecule has 10 heteroatoms. The molecule has 1 aliphatic heterocycles. The van der Waals surface area contributed by atoms with Gasteiger partial charge in [-0.3, -0.25) is 0 Å². The molecule has 0 spiro atoms. The Kier molecular flexibility index (Phi) is 4.04. The number of fused-ring (bicyclic) bond motifs is 1. The molecule has 0 saturated carbocycles. The Labute approximate surface area is 160 Å². The lowest BCUT2D eigenvalue weighted by Crippen LogP contribution is -2.53. The molecule has 2 aromatic carbocycles. The molecule has 3 aromatic rings. The summed E-state index contributed by atoms with van der Waals surface area (Å²) in [5.41, 5.74) is 2.63. The van der Waals surface area contributed by atoms with Crippen molar-refractivity contribution in [2.24, 2.45) is 10.7 Å².